The monoisotopic (exact) mass is 408 g/mol. The van der Waals surface area contributed by atoms with Crippen molar-refractivity contribution < 1.29 is 0 Å². The molecule has 8 atom stereocenters. The predicted molar refractivity (Wildman–Crippen MR) is 131 cm³/mol. The van der Waals surface area contributed by atoms with Crippen LogP contribution >= 0.6 is 0 Å². The van der Waals surface area contributed by atoms with Crippen LogP contribution in [0.4, 0.5) is 0 Å². The Morgan fingerprint density at radius 1 is 0.933 bits per heavy atom. The molecule has 0 heteroatoms. The quantitative estimate of drug-likeness (QED) is 0.398. The fourth-order valence-electron chi connectivity index (χ4n) is 8.04. The molecule has 0 nitrogen and oxygen atoms in total. The fourth-order valence-corrected chi connectivity index (χ4v) is 8.04. The molecule has 4 aliphatic carbocycles. The van der Waals surface area contributed by atoms with Crippen LogP contribution in [0, 0.1) is 52.3 Å². The summed E-state index contributed by atoms with van der Waals surface area (Å²) < 4.78 is 0. The van der Waals surface area contributed by atoms with E-state index in [0.717, 1.165) is 29.6 Å². The SMILES string of the molecule is CCC1CCC2(C)C(=CC=C3C2CCC2(C)C3CCC2C(C)/C=C/C(C)C(C)C)C1. The van der Waals surface area contributed by atoms with Crippen molar-refractivity contribution in [1.29, 1.82) is 0 Å². The topological polar surface area (TPSA) is 0 Å². The van der Waals surface area contributed by atoms with E-state index in [9.17, 15) is 0 Å². The van der Waals surface area contributed by atoms with E-state index in [1.165, 1.54) is 51.4 Å². The van der Waals surface area contributed by atoms with Crippen molar-refractivity contribution in [2.75, 3.05) is 0 Å². The molecule has 0 bridgehead atoms. The van der Waals surface area contributed by atoms with Crippen molar-refractivity contribution >= 4 is 0 Å². The second kappa shape index (κ2) is 8.29. The number of hydrogen-bond acceptors (Lipinski definition) is 0. The first kappa shape index (κ1) is 22.4. The molecule has 4 aliphatic rings. The maximum absolute atomic E-state index is 2.66. The molecule has 0 amide bonds. The molecule has 0 radical (unpaired) electrons. The molecule has 30 heavy (non-hydrogen) atoms. The predicted octanol–water partition coefficient (Wildman–Crippen LogP) is 9.00. The first-order valence-electron chi connectivity index (χ1n) is 13.3. The van der Waals surface area contributed by atoms with Crippen molar-refractivity contribution in [3.05, 3.63) is 35.5 Å². The molecule has 0 N–H and O–H groups in total. The van der Waals surface area contributed by atoms with Gasteiger partial charge in [-0.05, 0) is 97.2 Å². The van der Waals surface area contributed by atoms with Crippen molar-refractivity contribution in [2.24, 2.45) is 52.3 Å². The van der Waals surface area contributed by atoms with Crippen LogP contribution in [0.15, 0.2) is 35.5 Å². The number of allylic oxidation sites excluding steroid dienone is 6. The van der Waals surface area contributed by atoms with Gasteiger partial charge in [0.25, 0.3) is 0 Å². The van der Waals surface area contributed by atoms with E-state index in [1.54, 1.807) is 5.57 Å². The average Bonchev–Trinajstić information content (AvgIpc) is 3.08. The van der Waals surface area contributed by atoms with Crippen molar-refractivity contribution in [3.8, 4) is 0 Å². The molecule has 3 fully saturated rings. The third-order valence-corrected chi connectivity index (χ3v) is 10.7. The smallest absolute Gasteiger partial charge is 0.00474 e. The molecule has 0 saturated heterocycles. The molecule has 4 rings (SSSR count). The van der Waals surface area contributed by atoms with E-state index in [1.807, 2.05) is 5.57 Å². The minimum atomic E-state index is 0.466. The summed E-state index contributed by atoms with van der Waals surface area (Å²) in [5, 5.41) is 0. The molecule has 3 saturated carbocycles. The lowest BCUT2D eigenvalue weighted by Gasteiger charge is -2.55. The Hall–Kier alpha value is -0.780. The van der Waals surface area contributed by atoms with Gasteiger partial charge in [0.15, 0.2) is 0 Å². The van der Waals surface area contributed by atoms with Crippen LogP contribution in [0.2, 0.25) is 0 Å². The maximum Gasteiger partial charge on any atom is -0.00474 e. The zero-order valence-corrected chi connectivity index (χ0v) is 21.0. The Morgan fingerprint density at radius 3 is 2.40 bits per heavy atom. The molecule has 8 unspecified atom stereocenters. The third kappa shape index (κ3) is 3.59. The standard InChI is InChI=1S/C30H48/c1-8-23-15-17-29(6)24(19-23)11-12-25-27-14-13-26(30(27,7)18-16-28(25)29)22(5)10-9-21(4)20(2)3/h9-12,20-23,26-28H,8,13-19H2,1-7H3/b10-9+. The lowest BCUT2D eigenvalue weighted by molar-refractivity contribution is 0.0529. The summed E-state index contributed by atoms with van der Waals surface area (Å²) >= 11 is 0. The van der Waals surface area contributed by atoms with Crippen molar-refractivity contribution in [2.45, 2.75) is 99.8 Å². The Balaban J connectivity index is 1.56. The van der Waals surface area contributed by atoms with E-state index < -0.39 is 0 Å². The van der Waals surface area contributed by atoms with Gasteiger partial charge in [0.2, 0.25) is 0 Å². The fraction of sp³-hybridized carbons (Fsp3) is 0.800. The van der Waals surface area contributed by atoms with E-state index in [-0.39, 0.29) is 0 Å². The van der Waals surface area contributed by atoms with Crippen LogP contribution in [-0.2, 0) is 0 Å². The Morgan fingerprint density at radius 2 is 1.70 bits per heavy atom. The van der Waals surface area contributed by atoms with E-state index in [4.69, 9.17) is 0 Å². The minimum Gasteiger partial charge on any atom is -0.0852 e. The third-order valence-electron chi connectivity index (χ3n) is 10.7. The highest BCUT2D eigenvalue weighted by molar-refractivity contribution is 5.38. The van der Waals surface area contributed by atoms with Gasteiger partial charge < -0.3 is 0 Å². The van der Waals surface area contributed by atoms with Crippen LogP contribution in [0.3, 0.4) is 0 Å². The highest BCUT2D eigenvalue weighted by atomic mass is 14.6. The zero-order valence-electron chi connectivity index (χ0n) is 21.0. The second-order valence-corrected chi connectivity index (χ2v) is 12.5. The van der Waals surface area contributed by atoms with Gasteiger partial charge in [0.05, 0.1) is 0 Å². The molecular formula is C30H48. The van der Waals surface area contributed by atoms with E-state index >= 15 is 0 Å². The van der Waals surface area contributed by atoms with Crippen LogP contribution < -0.4 is 0 Å². The van der Waals surface area contributed by atoms with Gasteiger partial charge in [-0.2, -0.15) is 0 Å². The van der Waals surface area contributed by atoms with E-state index in [2.05, 4.69) is 72.8 Å². The number of rotatable bonds is 5. The summed E-state index contributed by atoms with van der Waals surface area (Å²) in [5.41, 5.74) is 4.63. The van der Waals surface area contributed by atoms with Gasteiger partial charge in [-0.3, -0.25) is 0 Å². The normalized spacial score (nSPS) is 42.9. The van der Waals surface area contributed by atoms with Gasteiger partial charge in [-0.1, -0.05) is 90.3 Å². The molecule has 0 spiro atoms. The van der Waals surface area contributed by atoms with Gasteiger partial charge in [0, 0.05) is 0 Å². The van der Waals surface area contributed by atoms with Crippen molar-refractivity contribution in [1.82, 2.24) is 0 Å². The largest absolute Gasteiger partial charge is 0.0852 e. The second-order valence-electron chi connectivity index (χ2n) is 12.5. The molecular weight excluding hydrogens is 360 g/mol. The Kier molecular flexibility index (Phi) is 6.19. The summed E-state index contributed by atoms with van der Waals surface area (Å²) in [6.45, 7) is 17.3. The van der Waals surface area contributed by atoms with Gasteiger partial charge >= 0.3 is 0 Å². The highest BCUT2D eigenvalue weighted by Gasteiger charge is 2.56. The van der Waals surface area contributed by atoms with Crippen LogP contribution in [0.5, 0.6) is 0 Å². The van der Waals surface area contributed by atoms with Gasteiger partial charge in [-0.15, -0.1) is 0 Å². The van der Waals surface area contributed by atoms with Crippen molar-refractivity contribution in [3.63, 3.8) is 0 Å². The Labute approximate surface area is 187 Å². The Bertz CT molecular complexity index is 720. The van der Waals surface area contributed by atoms with E-state index in [0.29, 0.717) is 22.7 Å². The summed E-state index contributed by atoms with van der Waals surface area (Å²) in [5.74, 6) is 5.60. The average molecular weight is 409 g/mol. The lowest BCUT2D eigenvalue weighted by atomic mass is 9.49. The highest BCUT2D eigenvalue weighted by Crippen LogP contribution is 2.66. The molecule has 0 aromatic heterocycles. The number of fused-ring (bicyclic) bond motifs is 5. The summed E-state index contributed by atoms with van der Waals surface area (Å²) in [7, 11) is 0. The van der Waals surface area contributed by atoms with Crippen LogP contribution in [0.25, 0.3) is 0 Å². The van der Waals surface area contributed by atoms with Gasteiger partial charge in [0.1, 0.15) is 0 Å². The summed E-state index contributed by atoms with van der Waals surface area (Å²) in [4.78, 5) is 0. The molecule has 168 valence electrons. The zero-order chi connectivity index (χ0) is 21.7. The lowest BCUT2D eigenvalue weighted by Crippen LogP contribution is -2.46. The molecule has 0 aromatic rings. The number of hydrogen-bond donors (Lipinski definition) is 0. The molecule has 0 aromatic carbocycles. The molecule has 0 heterocycles. The first-order chi connectivity index (χ1) is 14.2. The maximum atomic E-state index is 2.66. The molecule has 0 aliphatic heterocycles. The van der Waals surface area contributed by atoms with Gasteiger partial charge in [-0.25, -0.2) is 0 Å². The first-order valence-corrected chi connectivity index (χ1v) is 13.3. The van der Waals surface area contributed by atoms with Crippen LogP contribution in [0.1, 0.15) is 99.8 Å². The summed E-state index contributed by atoms with van der Waals surface area (Å²) in [6.07, 6.45) is 21.7. The van der Waals surface area contributed by atoms with Crippen LogP contribution in [-0.4, -0.2) is 0 Å². The summed E-state index contributed by atoms with van der Waals surface area (Å²) in [6, 6.07) is 0. The minimum absolute atomic E-state index is 0.466.